The van der Waals surface area contributed by atoms with Crippen molar-refractivity contribution in [3.63, 3.8) is 0 Å². The van der Waals surface area contributed by atoms with E-state index in [1.165, 1.54) is 82.8 Å². The Morgan fingerprint density at radius 2 is 0.570 bits per heavy atom. The van der Waals surface area contributed by atoms with E-state index in [4.69, 9.17) is 8.83 Å². The predicted molar refractivity (Wildman–Crippen MR) is 340 cm³/mol. The fraction of sp³-hybridized carbons (Fsp3) is 0. The SMILES string of the molecule is c1ccc(-c2cccc(N(c3ccc4c(c3)sc3cc5c(cc34)sc3cc4c(cc35)sc3cc(N(c5cccc(-c6ccccc6)c5)c5cccc6oc7ccccc7c56)ccc34)c3cccc4oc5ccccc5c34)c2)cc1. The number of fused-ring (bicyclic) bond motifs is 15. The molecule has 0 amide bonds. The molecule has 7 heteroatoms. The van der Waals surface area contributed by atoms with Crippen molar-refractivity contribution in [1.29, 1.82) is 0 Å². The minimum absolute atomic E-state index is 0.872. The predicted octanol–water partition coefficient (Wildman–Crippen LogP) is 22.9. The van der Waals surface area contributed by atoms with Crippen molar-refractivity contribution < 1.29 is 8.83 Å². The second-order valence-electron chi connectivity index (χ2n) is 20.4. The first-order valence-electron chi connectivity index (χ1n) is 26.5. The van der Waals surface area contributed by atoms with Gasteiger partial charge in [-0.1, -0.05) is 146 Å². The minimum Gasteiger partial charge on any atom is -0.456 e. The van der Waals surface area contributed by atoms with E-state index < -0.39 is 0 Å². The van der Waals surface area contributed by atoms with Gasteiger partial charge in [0.05, 0.1) is 22.1 Å². The average Bonchev–Trinajstić information content (AvgIpc) is 4.51. The van der Waals surface area contributed by atoms with Crippen LogP contribution in [0.2, 0.25) is 0 Å². The Morgan fingerprint density at radius 3 is 1.01 bits per heavy atom. The van der Waals surface area contributed by atoms with Crippen molar-refractivity contribution in [2.75, 3.05) is 9.80 Å². The molecule has 0 aliphatic heterocycles. The molecule has 79 heavy (non-hydrogen) atoms. The van der Waals surface area contributed by atoms with Crippen LogP contribution in [0.4, 0.5) is 34.1 Å². The number of benzene rings is 12. The molecule has 0 radical (unpaired) electrons. The quantitative estimate of drug-likeness (QED) is 0.152. The van der Waals surface area contributed by atoms with Crippen LogP contribution in [0.3, 0.4) is 0 Å². The zero-order valence-corrected chi connectivity index (χ0v) is 44.6. The first-order valence-corrected chi connectivity index (χ1v) is 29.0. The van der Waals surface area contributed by atoms with Crippen LogP contribution in [0.25, 0.3) is 127 Å². The molecule has 0 bridgehead atoms. The van der Waals surface area contributed by atoms with Crippen molar-refractivity contribution in [3.8, 4) is 22.3 Å². The standard InChI is InChI=1S/C72H42N2O2S3/c1-3-15-43(16-4-1)45-19-11-21-47(35-45)73(59-25-13-29-63-71(59)53-23-7-9-27-61(53)75-63)49-31-33-51-55-39-69-57(41-67(55)77-65(51)37-49)58-42-68-56(40-70(58)79-69)52-34-32-50(38-66(52)78-68)74(48-22-12-20-46(36-48)44-17-5-2-6-18-44)60-26-14-30-64-72(60)54-24-8-10-28-62(54)76-64/h1-42H. The van der Waals surface area contributed by atoms with Gasteiger partial charge in [-0.2, -0.15) is 0 Å². The summed E-state index contributed by atoms with van der Waals surface area (Å²) in [6, 6.07) is 92.5. The molecule has 0 aliphatic carbocycles. The Morgan fingerprint density at radius 1 is 0.228 bits per heavy atom. The maximum absolute atomic E-state index is 6.47. The Kier molecular flexibility index (Phi) is 9.89. The van der Waals surface area contributed by atoms with Gasteiger partial charge < -0.3 is 18.6 Å². The van der Waals surface area contributed by atoms with E-state index in [1.54, 1.807) is 0 Å². The highest BCUT2D eigenvalue weighted by molar-refractivity contribution is 7.28. The second kappa shape index (κ2) is 17.5. The number of rotatable bonds is 8. The molecule has 4 nitrogen and oxygen atoms in total. The van der Waals surface area contributed by atoms with E-state index >= 15 is 0 Å². The fourth-order valence-electron chi connectivity index (χ4n) is 12.2. The molecule has 0 saturated heterocycles. The van der Waals surface area contributed by atoms with E-state index in [2.05, 4.69) is 252 Å². The lowest BCUT2D eigenvalue weighted by Crippen LogP contribution is -2.10. The summed E-state index contributed by atoms with van der Waals surface area (Å²) in [7, 11) is 0. The van der Waals surface area contributed by atoms with Crippen LogP contribution in [0, 0.1) is 0 Å². The van der Waals surface area contributed by atoms with Gasteiger partial charge in [0.15, 0.2) is 0 Å². The van der Waals surface area contributed by atoms with Crippen molar-refractivity contribution in [2.24, 2.45) is 0 Å². The highest BCUT2D eigenvalue weighted by atomic mass is 32.1. The summed E-state index contributed by atoms with van der Waals surface area (Å²) in [6.07, 6.45) is 0. The molecule has 370 valence electrons. The summed E-state index contributed by atoms with van der Waals surface area (Å²) in [6.45, 7) is 0. The van der Waals surface area contributed by atoms with Crippen molar-refractivity contribution in [1.82, 2.24) is 0 Å². The largest absolute Gasteiger partial charge is 0.456 e. The third-order valence-electron chi connectivity index (χ3n) is 15.8. The molecule has 0 fully saturated rings. The van der Waals surface area contributed by atoms with Gasteiger partial charge in [-0.05, 0) is 131 Å². The number of nitrogens with zero attached hydrogens (tertiary/aromatic N) is 2. The number of anilines is 6. The van der Waals surface area contributed by atoms with Crippen LogP contribution < -0.4 is 9.80 Å². The summed E-state index contributed by atoms with van der Waals surface area (Å²) in [5, 5.41) is 12.2. The van der Waals surface area contributed by atoms with E-state index in [1.807, 2.05) is 46.1 Å². The molecule has 0 aliphatic rings. The summed E-state index contributed by atoms with van der Waals surface area (Å²) in [5.74, 6) is 0. The molecule has 0 saturated carbocycles. The Balaban J connectivity index is 0.789. The number of para-hydroxylation sites is 2. The molecule has 0 unspecified atom stereocenters. The maximum atomic E-state index is 6.47. The van der Waals surface area contributed by atoms with E-state index in [-0.39, 0.29) is 0 Å². The molecular formula is C72H42N2O2S3. The minimum atomic E-state index is 0.872. The first kappa shape index (κ1) is 44.6. The molecule has 17 aromatic rings. The van der Waals surface area contributed by atoms with Crippen LogP contribution in [0.5, 0.6) is 0 Å². The van der Waals surface area contributed by atoms with Crippen LogP contribution >= 0.6 is 34.0 Å². The van der Waals surface area contributed by atoms with Gasteiger partial charge >= 0.3 is 0 Å². The van der Waals surface area contributed by atoms with Gasteiger partial charge in [0.2, 0.25) is 0 Å². The topological polar surface area (TPSA) is 32.8 Å². The lowest BCUT2D eigenvalue weighted by atomic mass is 10.0. The van der Waals surface area contributed by atoms with Crippen molar-refractivity contribution >= 4 is 173 Å². The summed E-state index contributed by atoms with van der Waals surface area (Å²) in [4.78, 5) is 4.82. The Labute approximate surface area is 465 Å². The van der Waals surface area contributed by atoms with Crippen LogP contribution in [-0.4, -0.2) is 0 Å². The Hall–Kier alpha value is -9.50. The van der Waals surface area contributed by atoms with Gasteiger partial charge in [0, 0.05) is 94.0 Å². The first-order chi connectivity index (χ1) is 39.1. The molecule has 0 N–H and O–H groups in total. The van der Waals surface area contributed by atoms with Crippen molar-refractivity contribution in [3.05, 3.63) is 255 Å². The van der Waals surface area contributed by atoms with Gasteiger partial charge in [-0.15, -0.1) is 34.0 Å². The van der Waals surface area contributed by atoms with Gasteiger partial charge in [-0.3, -0.25) is 0 Å². The fourth-order valence-corrected chi connectivity index (χ4v) is 15.7. The summed E-state index contributed by atoms with van der Waals surface area (Å²) < 4.78 is 20.6. The van der Waals surface area contributed by atoms with Gasteiger partial charge in [-0.25, -0.2) is 0 Å². The molecular weight excluding hydrogens is 1020 g/mol. The lowest BCUT2D eigenvalue weighted by molar-refractivity contribution is 0.668. The third kappa shape index (κ3) is 7.10. The normalized spacial score (nSPS) is 12.1. The van der Waals surface area contributed by atoms with E-state index in [9.17, 15) is 0 Å². The number of furan rings is 2. The van der Waals surface area contributed by atoms with Crippen LogP contribution in [-0.2, 0) is 0 Å². The summed E-state index contributed by atoms with van der Waals surface area (Å²) >= 11 is 5.66. The number of thiophene rings is 3. The summed E-state index contributed by atoms with van der Waals surface area (Å²) in [5.41, 5.74) is 14.7. The van der Waals surface area contributed by atoms with Crippen LogP contribution in [0.15, 0.2) is 264 Å². The molecule has 12 aromatic carbocycles. The number of hydrogen-bond acceptors (Lipinski definition) is 7. The molecule has 0 spiro atoms. The van der Waals surface area contributed by atoms with E-state index in [0.29, 0.717) is 0 Å². The molecule has 5 heterocycles. The van der Waals surface area contributed by atoms with Crippen molar-refractivity contribution in [2.45, 2.75) is 0 Å². The highest BCUT2D eigenvalue weighted by Crippen LogP contribution is 2.50. The van der Waals surface area contributed by atoms with E-state index in [0.717, 1.165) is 78.0 Å². The smallest absolute Gasteiger partial charge is 0.137 e. The zero-order chi connectivity index (χ0) is 51.7. The van der Waals surface area contributed by atoms with Gasteiger partial charge in [0.25, 0.3) is 0 Å². The lowest BCUT2D eigenvalue weighted by Gasteiger charge is -2.27. The van der Waals surface area contributed by atoms with Gasteiger partial charge in [0.1, 0.15) is 22.3 Å². The number of hydrogen-bond donors (Lipinski definition) is 0. The molecule has 17 rings (SSSR count). The monoisotopic (exact) mass is 1060 g/mol. The molecule has 0 atom stereocenters. The molecule has 5 aromatic heterocycles. The maximum Gasteiger partial charge on any atom is 0.137 e. The third-order valence-corrected chi connectivity index (χ3v) is 19.2. The van der Waals surface area contributed by atoms with Crippen LogP contribution in [0.1, 0.15) is 0 Å². The average molecular weight is 1060 g/mol. The Bertz CT molecular complexity index is 4970. The second-order valence-corrected chi connectivity index (χ2v) is 23.6. The highest BCUT2D eigenvalue weighted by Gasteiger charge is 2.24. The zero-order valence-electron chi connectivity index (χ0n) is 42.2.